The highest BCUT2D eigenvalue weighted by atomic mass is 16.7. The molecule has 55 heavy (non-hydrogen) atoms. The van der Waals surface area contributed by atoms with Crippen LogP contribution in [0.3, 0.4) is 0 Å². The molecule has 10 nitrogen and oxygen atoms in total. The molecule has 0 saturated carbocycles. The highest BCUT2D eigenvalue weighted by Crippen LogP contribution is 2.22. The Balaban J connectivity index is 2.40. The van der Waals surface area contributed by atoms with E-state index in [0.717, 1.165) is 83.5 Å². The van der Waals surface area contributed by atoms with Crippen LogP contribution in [0, 0.1) is 0 Å². The van der Waals surface area contributed by atoms with E-state index in [-0.39, 0.29) is 26.1 Å². The molecule has 1 aliphatic rings. The summed E-state index contributed by atoms with van der Waals surface area (Å²) in [4.78, 5) is 25.3. The Morgan fingerprint density at radius 2 is 1.05 bits per heavy atom. The van der Waals surface area contributed by atoms with Crippen molar-refractivity contribution >= 4 is 11.9 Å². The van der Waals surface area contributed by atoms with Crippen LogP contribution in [-0.4, -0.2) is 89.0 Å². The Morgan fingerprint density at radius 3 is 1.64 bits per heavy atom. The topological polar surface area (TPSA) is 152 Å². The number of unbranched alkanes of at least 4 members (excludes halogenated alkanes) is 13. The predicted molar refractivity (Wildman–Crippen MR) is 219 cm³/mol. The van der Waals surface area contributed by atoms with E-state index in [1.54, 1.807) is 0 Å². The summed E-state index contributed by atoms with van der Waals surface area (Å²) < 4.78 is 22.1. The zero-order valence-electron chi connectivity index (χ0n) is 34.2. The zero-order valence-corrected chi connectivity index (χ0v) is 34.2. The predicted octanol–water partition coefficient (Wildman–Crippen LogP) is 8.66. The maximum absolute atomic E-state index is 12.7. The largest absolute Gasteiger partial charge is 0.462 e. The number of hydrogen-bond donors (Lipinski definition) is 4. The van der Waals surface area contributed by atoms with Crippen LogP contribution in [-0.2, 0) is 28.5 Å². The van der Waals surface area contributed by atoms with Gasteiger partial charge >= 0.3 is 11.9 Å². The number of aliphatic hydroxyl groups excluding tert-OH is 4. The Bertz CT molecular complexity index is 1080. The lowest BCUT2D eigenvalue weighted by Crippen LogP contribution is -2.59. The van der Waals surface area contributed by atoms with Crippen molar-refractivity contribution < 1.29 is 49.0 Å². The normalized spacial score (nSPS) is 21.2. The molecule has 1 heterocycles. The third-order valence-corrected chi connectivity index (χ3v) is 9.36. The SMILES string of the molecule is CCC/C=C/C/C=C/C/C=C/C/C=C/CCCCCC(=O)O[C@H](COC(=O)CCCCCCC/C=C/CCCCCC)CO[C@@H]1O[C@H](CO)[C@H](O)C(O)C1O. The third-order valence-electron chi connectivity index (χ3n) is 9.36. The minimum atomic E-state index is -1.60. The number of allylic oxidation sites excluding steroid dienone is 10. The lowest BCUT2D eigenvalue weighted by molar-refractivity contribution is -0.305. The first-order chi connectivity index (χ1) is 26.8. The van der Waals surface area contributed by atoms with E-state index in [1.807, 2.05) is 0 Å². The molecule has 0 aromatic rings. The Hall–Kier alpha value is -2.60. The number of aliphatic hydroxyl groups is 4. The van der Waals surface area contributed by atoms with Gasteiger partial charge in [0.05, 0.1) is 13.2 Å². The van der Waals surface area contributed by atoms with E-state index in [4.69, 9.17) is 18.9 Å². The van der Waals surface area contributed by atoms with Gasteiger partial charge in [-0.05, 0) is 77.0 Å². The van der Waals surface area contributed by atoms with Crippen molar-refractivity contribution in [2.75, 3.05) is 19.8 Å². The fourth-order valence-corrected chi connectivity index (χ4v) is 5.94. The smallest absolute Gasteiger partial charge is 0.306 e. The van der Waals surface area contributed by atoms with Crippen LogP contribution in [0.25, 0.3) is 0 Å². The lowest BCUT2D eigenvalue weighted by atomic mass is 9.99. The van der Waals surface area contributed by atoms with Crippen molar-refractivity contribution in [3.8, 4) is 0 Å². The standard InChI is InChI=1S/C45H76O10/c1-3-5-7-9-11-13-15-17-18-19-20-22-24-26-28-30-32-34-41(48)54-38(37-53-45-44(51)43(50)42(49)39(35-46)55-45)36-52-40(47)33-31-29-27-25-23-21-16-14-12-10-8-6-4-2/h7,9,13-16,18-19,22,24,38-39,42-46,49-51H,3-6,8,10-12,17,20-21,23,25-37H2,1-2H3/b9-7+,15-13+,16-14+,19-18+,24-22+/t38-,39-,42+,43?,44?,45-/m1/s1. The van der Waals surface area contributed by atoms with E-state index in [1.165, 1.54) is 32.1 Å². The average Bonchev–Trinajstić information content (AvgIpc) is 3.18. The van der Waals surface area contributed by atoms with Crippen LogP contribution >= 0.6 is 0 Å². The highest BCUT2D eigenvalue weighted by Gasteiger charge is 2.44. The van der Waals surface area contributed by atoms with E-state index in [0.29, 0.717) is 12.8 Å². The highest BCUT2D eigenvalue weighted by molar-refractivity contribution is 5.70. The van der Waals surface area contributed by atoms with Crippen LogP contribution in [0.5, 0.6) is 0 Å². The molecule has 0 spiro atoms. The van der Waals surface area contributed by atoms with E-state index in [2.05, 4.69) is 74.6 Å². The second-order valence-corrected chi connectivity index (χ2v) is 14.4. The maximum atomic E-state index is 12.7. The molecule has 2 unspecified atom stereocenters. The van der Waals surface area contributed by atoms with Gasteiger partial charge in [0.2, 0.25) is 0 Å². The molecule has 6 atom stereocenters. The molecule has 0 aliphatic carbocycles. The number of carbonyl (C=O) groups is 2. The maximum Gasteiger partial charge on any atom is 0.306 e. The molecule has 1 aliphatic heterocycles. The van der Waals surface area contributed by atoms with Gasteiger partial charge in [-0.3, -0.25) is 9.59 Å². The molecule has 0 aromatic carbocycles. The van der Waals surface area contributed by atoms with Crippen molar-refractivity contribution in [3.05, 3.63) is 60.8 Å². The minimum absolute atomic E-state index is 0.188. The molecule has 10 heteroatoms. The molecular weight excluding hydrogens is 700 g/mol. The van der Waals surface area contributed by atoms with Crippen molar-refractivity contribution in [2.45, 2.75) is 192 Å². The Labute approximate surface area is 332 Å². The van der Waals surface area contributed by atoms with E-state index < -0.39 is 55.4 Å². The molecule has 1 saturated heterocycles. The number of ether oxygens (including phenoxy) is 4. The van der Waals surface area contributed by atoms with Crippen LogP contribution in [0.15, 0.2) is 60.8 Å². The second-order valence-electron chi connectivity index (χ2n) is 14.4. The molecule has 1 fully saturated rings. The van der Waals surface area contributed by atoms with Crippen molar-refractivity contribution in [2.24, 2.45) is 0 Å². The molecule has 316 valence electrons. The first-order valence-electron chi connectivity index (χ1n) is 21.4. The molecule has 0 radical (unpaired) electrons. The minimum Gasteiger partial charge on any atom is -0.462 e. The molecule has 4 N–H and O–H groups in total. The summed E-state index contributed by atoms with van der Waals surface area (Å²) in [6.07, 6.45) is 35.1. The Kier molecular flexibility index (Phi) is 32.8. The van der Waals surface area contributed by atoms with Crippen LogP contribution < -0.4 is 0 Å². The van der Waals surface area contributed by atoms with Gasteiger partial charge in [0.1, 0.15) is 31.0 Å². The third kappa shape index (κ3) is 27.6. The summed E-state index contributed by atoms with van der Waals surface area (Å²) in [5, 5.41) is 40.0. The molecule has 0 amide bonds. The van der Waals surface area contributed by atoms with Gasteiger partial charge in [0.15, 0.2) is 12.4 Å². The Morgan fingerprint density at radius 1 is 0.564 bits per heavy atom. The number of hydrogen-bond acceptors (Lipinski definition) is 10. The first-order valence-corrected chi connectivity index (χ1v) is 21.4. The summed E-state index contributed by atoms with van der Waals surface area (Å²) in [5.41, 5.74) is 0. The summed E-state index contributed by atoms with van der Waals surface area (Å²) in [7, 11) is 0. The fraction of sp³-hybridized carbons (Fsp3) is 0.733. The van der Waals surface area contributed by atoms with Gasteiger partial charge in [-0.15, -0.1) is 0 Å². The van der Waals surface area contributed by atoms with Gasteiger partial charge in [-0.2, -0.15) is 0 Å². The molecule has 0 bridgehead atoms. The quantitative estimate of drug-likeness (QED) is 0.0284. The number of esters is 2. The van der Waals surface area contributed by atoms with Gasteiger partial charge in [0, 0.05) is 12.8 Å². The number of carbonyl (C=O) groups excluding carboxylic acids is 2. The average molecular weight is 777 g/mol. The van der Waals surface area contributed by atoms with Crippen molar-refractivity contribution in [3.63, 3.8) is 0 Å². The summed E-state index contributed by atoms with van der Waals surface area (Å²) in [6.45, 7) is 3.28. The number of rotatable bonds is 34. The molecule has 1 rings (SSSR count). The van der Waals surface area contributed by atoms with Crippen LogP contribution in [0.2, 0.25) is 0 Å². The van der Waals surface area contributed by atoms with E-state index >= 15 is 0 Å². The fourth-order valence-electron chi connectivity index (χ4n) is 5.94. The summed E-state index contributed by atoms with van der Waals surface area (Å²) in [5.74, 6) is -0.859. The van der Waals surface area contributed by atoms with Gasteiger partial charge in [0.25, 0.3) is 0 Å². The van der Waals surface area contributed by atoms with Gasteiger partial charge < -0.3 is 39.4 Å². The second kappa shape index (κ2) is 35.8. The summed E-state index contributed by atoms with van der Waals surface area (Å²) in [6, 6.07) is 0. The first kappa shape index (κ1) is 50.4. The lowest BCUT2D eigenvalue weighted by Gasteiger charge is -2.39. The van der Waals surface area contributed by atoms with E-state index in [9.17, 15) is 30.0 Å². The summed E-state index contributed by atoms with van der Waals surface area (Å²) >= 11 is 0. The van der Waals surface area contributed by atoms with Crippen molar-refractivity contribution in [1.29, 1.82) is 0 Å². The monoisotopic (exact) mass is 777 g/mol. The van der Waals surface area contributed by atoms with Crippen LogP contribution in [0.4, 0.5) is 0 Å². The zero-order chi connectivity index (χ0) is 40.2. The van der Waals surface area contributed by atoms with Crippen LogP contribution in [0.1, 0.15) is 155 Å². The molecule has 0 aromatic heterocycles. The van der Waals surface area contributed by atoms with Gasteiger partial charge in [-0.25, -0.2) is 0 Å². The van der Waals surface area contributed by atoms with Gasteiger partial charge in [-0.1, -0.05) is 126 Å². The van der Waals surface area contributed by atoms with Crippen molar-refractivity contribution in [1.82, 2.24) is 0 Å². The molecular formula is C45H76O10.